The number of aliphatic hydroxyl groups excluding tert-OH is 1. The highest BCUT2D eigenvalue weighted by Gasteiger charge is 2.09. The average Bonchev–Trinajstić information content (AvgIpc) is 2.72. The Morgan fingerprint density at radius 3 is 2.88 bits per heavy atom. The SMILES string of the molecule is CCOCC(O)COc1csc(C(=O)O)c1. The van der Waals surface area contributed by atoms with Gasteiger partial charge in [0, 0.05) is 18.1 Å². The molecule has 1 aromatic rings. The van der Waals surface area contributed by atoms with Crippen LogP contribution in [0.15, 0.2) is 11.4 Å². The molecule has 16 heavy (non-hydrogen) atoms. The van der Waals surface area contributed by atoms with Crippen LogP contribution in [-0.4, -0.2) is 42.1 Å². The molecule has 1 unspecified atom stereocenters. The molecule has 90 valence electrons. The smallest absolute Gasteiger partial charge is 0.346 e. The number of carboxylic acids is 1. The molecule has 1 atom stereocenters. The Morgan fingerprint density at radius 2 is 2.31 bits per heavy atom. The summed E-state index contributed by atoms with van der Waals surface area (Å²) >= 11 is 1.09. The zero-order chi connectivity index (χ0) is 12.0. The fraction of sp³-hybridized carbons (Fsp3) is 0.500. The van der Waals surface area contributed by atoms with Gasteiger partial charge in [-0.3, -0.25) is 0 Å². The van der Waals surface area contributed by atoms with Gasteiger partial charge in [-0.25, -0.2) is 4.79 Å². The molecule has 0 aliphatic heterocycles. The van der Waals surface area contributed by atoms with E-state index in [-0.39, 0.29) is 18.1 Å². The molecule has 0 aromatic carbocycles. The summed E-state index contributed by atoms with van der Waals surface area (Å²) in [6.45, 7) is 2.69. The van der Waals surface area contributed by atoms with Gasteiger partial charge in [0.15, 0.2) is 0 Å². The predicted molar refractivity (Wildman–Crippen MR) is 59.3 cm³/mol. The number of hydrogen-bond acceptors (Lipinski definition) is 5. The maximum Gasteiger partial charge on any atom is 0.346 e. The summed E-state index contributed by atoms with van der Waals surface area (Å²) < 4.78 is 10.2. The van der Waals surface area contributed by atoms with Crippen LogP contribution in [0.2, 0.25) is 0 Å². The third kappa shape index (κ3) is 4.18. The molecule has 1 aromatic heterocycles. The van der Waals surface area contributed by atoms with Crippen molar-refractivity contribution in [3.63, 3.8) is 0 Å². The van der Waals surface area contributed by atoms with Crippen molar-refractivity contribution in [3.8, 4) is 5.75 Å². The highest BCUT2D eigenvalue weighted by molar-refractivity contribution is 7.12. The van der Waals surface area contributed by atoms with Crippen molar-refractivity contribution in [2.24, 2.45) is 0 Å². The molecule has 1 rings (SSSR count). The molecule has 0 saturated heterocycles. The molecule has 0 fully saturated rings. The first-order valence-electron chi connectivity index (χ1n) is 4.84. The number of thiophene rings is 1. The number of hydrogen-bond donors (Lipinski definition) is 2. The van der Waals surface area contributed by atoms with E-state index in [0.29, 0.717) is 12.4 Å². The van der Waals surface area contributed by atoms with Gasteiger partial charge in [0.2, 0.25) is 0 Å². The minimum atomic E-state index is -0.977. The van der Waals surface area contributed by atoms with E-state index in [1.807, 2.05) is 6.92 Å². The monoisotopic (exact) mass is 246 g/mol. The van der Waals surface area contributed by atoms with Crippen LogP contribution in [0.5, 0.6) is 5.75 Å². The zero-order valence-electron chi connectivity index (χ0n) is 8.88. The second kappa shape index (κ2) is 6.47. The minimum Gasteiger partial charge on any atom is -0.490 e. The third-order valence-electron chi connectivity index (χ3n) is 1.74. The Balaban J connectivity index is 2.33. The molecule has 0 amide bonds. The first-order valence-corrected chi connectivity index (χ1v) is 5.72. The average molecular weight is 246 g/mol. The van der Waals surface area contributed by atoms with E-state index in [0.717, 1.165) is 11.3 Å². The second-order valence-electron chi connectivity index (χ2n) is 3.08. The maximum absolute atomic E-state index is 10.6. The molecule has 2 N–H and O–H groups in total. The van der Waals surface area contributed by atoms with E-state index < -0.39 is 12.1 Å². The quantitative estimate of drug-likeness (QED) is 0.756. The summed E-state index contributed by atoms with van der Waals surface area (Å²) in [6, 6.07) is 1.43. The summed E-state index contributed by atoms with van der Waals surface area (Å²) in [4.78, 5) is 10.8. The van der Waals surface area contributed by atoms with Gasteiger partial charge in [-0.1, -0.05) is 0 Å². The molecular weight excluding hydrogens is 232 g/mol. The number of aliphatic hydroxyl groups is 1. The molecule has 0 bridgehead atoms. The number of aromatic carboxylic acids is 1. The largest absolute Gasteiger partial charge is 0.490 e. The van der Waals surface area contributed by atoms with Crippen molar-refractivity contribution < 1.29 is 24.5 Å². The Labute approximate surface area is 97.2 Å². The summed E-state index contributed by atoms with van der Waals surface area (Å²) in [5.74, 6) is -0.521. The lowest BCUT2D eigenvalue weighted by molar-refractivity contribution is 0.0165. The van der Waals surface area contributed by atoms with Crippen molar-refractivity contribution >= 4 is 17.3 Å². The fourth-order valence-corrected chi connectivity index (χ4v) is 1.67. The van der Waals surface area contributed by atoms with Crippen molar-refractivity contribution in [3.05, 3.63) is 16.3 Å². The van der Waals surface area contributed by atoms with Crippen LogP contribution in [-0.2, 0) is 4.74 Å². The number of carbonyl (C=O) groups is 1. The molecule has 0 radical (unpaired) electrons. The fourth-order valence-electron chi connectivity index (χ4n) is 1.00. The van der Waals surface area contributed by atoms with Gasteiger partial charge in [-0.15, -0.1) is 11.3 Å². The number of rotatable bonds is 7. The number of carboxylic acid groups (broad SMARTS) is 1. The molecule has 0 spiro atoms. The van der Waals surface area contributed by atoms with E-state index in [4.69, 9.17) is 14.6 Å². The first kappa shape index (κ1) is 13.0. The molecule has 0 saturated carbocycles. The maximum atomic E-state index is 10.6. The summed E-state index contributed by atoms with van der Waals surface area (Å²) in [5.41, 5.74) is 0. The Bertz CT molecular complexity index is 336. The van der Waals surface area contributed by atoms with E-state index in [2.05, 4.69) is 0 Å². The minimum absolute atomic E-state index is 0.0930. The van der Waals surface area contributed by atoms with E-state index in [1.165, 1.54) is 6.07 Å². The third-order valence-corrected chi connectivity index (χ3v) is 2.64. The van der Waals surface area contributed by atoms with Crippen LogP contribution in [0.3, 0.4) is 0 Å². The molecule has 6 heteroatoms. The van der Waals surface area contributed by atoms with Crippen molar-refractivity contribution in [1.29, 1.82) is 0 Å². The van der Waals surface area contributed by atoms with Crippen LogP contribution in [0.1, 0.15) is 16.6 Å². The number of ether oxygens (including phenoxy) is 2. The molecular formula is C10H14O5S. The summed E-state index contributed by atoms with van der Waals surface area (Å²) in [6.07, 6.45) is -0.701. The zero-order valence-corrected chi connectivity index (χ0v) is 9.70. The Kier molecular flexibility index (Phi) is 5.24. The van der Waals surface area contributed by atoms with Crippen LogP contribution < -0.4 is 4.74 Å². The Hall–Kier alpha value is -1.11. The van der Waals surface area contributed by atoms with Crippen molar-refractivity contribution in [1.82, 2.24) is 0 Å². The van der Waals surface area contributed by atoms with Crippen LogP contribution in [0.25, 0.3) is 0 Å². The predicted octanol–water partition coefficient (Wildman–Crippen LogP) is 1.22. The molecule has 0 aliphatic carbocycles. The summed E-state index contributed by atoms with van der Waals surface area (Å²) in [5, 5.41) is 19.7. The molecule has 0 aliphatic rings. The van der Waals surface area contributed by atoms with Crippen molar-refractivity contribution in [2.75, 3.05) is 19.8 Å². The summed E-state index contributed by atoms with van der Waals surface area (Å²) in [7, 11) is 0. The first-order chi connectivity index (χ1) is 7.63. The van der Waals surface area contributed by atoms with Crippen molar-refractivity contribution in [2.45, 2.75) is 13.0 Å². The highest BCUT2D eigenvalue weighted by Crippen LogP contribution is 2.21. The molecule has 1 heterocycles. The van der Waals surface area contributed by atoms with Gasteiger partial charge in [0.25, 0.3) is 0 Å². The van der Waals surface area contributed by atoms with E-state index in [1.54, 1.807) is 5.38 Å². The van der Waals surface area contributed by atoms with Gasteiger partial charge < -0.3 is 19.7 Å². The van der Waals surface area contributed by atoms with Gasteiger partial charge in [0.05, 0.1) is 6.61 Å². The standard InChI is InChI=1S/C10H14O5S/c1-2-14-4-7(11)5-15-8-3-9(10(12)13)16-6-8/h3,6-7,11H,2,4-5H2,1H3,(H,12,13). The normalized spacial score (nSPS) is 12.4. The lowest BCUT2D eigenvalue weighted by Crippen LogP contribution is -2.23. The second-order valence-corrected chi connectivity index (χ2v) is 3.99. The van der Waals surface area contributed by atoms with Crippen LogP contribution >= 0.6 is 11.3 Å². The highest BCUT2D eigenvalue weighted by atomic mass is 32.1. The topological polar surface area (TPSA) is 76.0 Å². The van der Waals surface area contributed by atoms with Gasteiger partial charge in [0.1, 0.15) is 23.3 Å². The van der Waals surface area contributed by atoms with Crippen LogP contribution in [0, 0.1) is 0 Å². The van der Waals surface area contributed by atoms with Crippen LogP contribution in [0.4, 0.5) is 0 Å². The van der Waals surface area contributed by atoms with E-state index >= 15 is 0 Å². The molecule has 5 nitrogen and oxygen atoms in total. The van der Waals surface area contributed by atoms with Gasteiger partial charge in [-0.2, -0.15) is 0 Å². The van der Waals surface area contributed by atoms with Gasteiger partial charge >= 0.3 is 5.97 Å². The Morgan fingerprint density at radius 1 is 1.56 bits per heavy atom. The lowest BCUT2D eigenvalue weighted by atomic mass is 10.4. The van der Waals surface area contributed by atoms with Gasteiger partial charge in [-0.05, 0) is 6.92 Å². The lowest BCUT2D eigenvalue weighted by Gasteiger charge is -2.10. The van der Waals surface area contributed by atoms with E-state index in [9.17, 15) is 9.90 Å².